The Balaban J connectivity index is 1.95. The molecule has 0 amide bonds. The summed E-state index contributed by atoms with van der Waals surface area (Å²) in [7, 11) is 0. The summed E-state index contributed by atoms with van der Waals surface area (Å²) in [6.07, 6.45) is 2.17. The second kappa shape index (κ2) is 4.94. The molecule has 0 spiro atoms. The molecule has 0 aliphatic carbocycles. The number of hydrogen-bond donors (Lipinski definition) is 0. The lowest BCUT2D eigenvalue weighted by Crippen LogP contribution is -2.16. The zero-order valence-corrected chi connectivity index (χ0v) is 9.80. The molecule has 0 bridgehead atoms. The Morgan fingerprint density at radius 2 is 2.40 bits per heavy atom. The number of benzene rings is 1. The molecule has 1 saturated heterocycles. The lowest BCUT2D eigenvalue weighted by atomic mass is 10.2. The van der Waals surface area contributed by atoms with Crippen LogP contribution in [0, 0.1) is 5.82 Å². The van der Waals surface area contributed by atoms with Crippen LogP contribution in [0.3, 0.4) is 0 Å². The molecule has 1 aliphatic heterocycles. The Labute approximate surface area is 96.5 Å². The average molecular weight is 275 g/mol. The van der Waals surface area contributed by atoms with Crippen molar-refractivity contribution in [3.05, 3.63) is 28.5 Å². The molecular weight excluding hydrogens is 263 g/mol. The van der Waals surface area contributed by atoms with Gasteiger partial charge < -0.3 is 9.47 Å². The molecule has 1 aliphatic rings. The minimum absolute atomic E-state index is 0.114. The van der Waals surface area contributed by atoms with Crippen LogP contribution in [0.2, 0.25) is 0 Å². The maximum absolute atomic E-state index is 13.5. The third-order valence-corrected chi connectivity index (χ3v) is 2.98. The largest absolute Gasteiger partial charge is 0.488 e. The topological polar surface area (TPSA) is 18.5 Å². The van der Waals surface area contributed by atoms with Gasteiger partial charge in [-0.3, -0.25) is 0 Å². The fourth-order valence-electron chi connectivity index (χ4n) is 1.55. The van der Waals surface area contributed by atoms with Gasteiger partial charge in [0, 0.05) is 6.61 Å². The highest BCUT2D eigenvalue weighted by Gasteiger charge is 2.17. The van der Waals surface area contributed by atoms with Gasteiger partial charge in [-0.25, -0.2) is 4.39 Å². The highest BCUT2D eigenvalue weighted by molar-refractivity contribution is 9.10. The fourth-order valence-corrected chi connectivity index (χ4v) is 1.90. The van der Waals surface area contributed by atoms with Crippen molar-refractivity contribution in [3.8, 4) is 5.75 Å². The monoisotopic (exact) mass is 274 g/mol. The lowest BCUT2D eigenvalue weighted by Gasteiger charge is -2.12. The van der Waals surface area contributed by atoms with Crippen LogP contribution in [-0.4, -0.2) is 19.3 Å². The van der Waals surface area contributed by atoms with E-state index in [-0.39, 0.29) is 17.7 Å². The molecule has 0 saturated carbocycles. The van der Waals surface area contributed by atoms with Crippen LogP contribution >= 0.6 is 15.9 Å². The van der Waals surface area contributed by atoms with E-state index in [0.717, 1.165) is 19.4 Å². The van der Waals surface area contributed by atoms with Gasteiger partial charge in [-0.05, 0) is 40.9 Å². The third kappa shape index (κ3) is 2.69. The van der Waals surface area contributed by atoms with Crippen LogP contribution < -0.4 is 4.74 Å². The third-order valence-electron chi connectivity index (χ3n) is 2.36. The van der Waals surface area contributed by atoms with E-state index in [1.807, 2.05) is 0 Å². The molecule has 1 atom stereocenters. The zero-order valence-electron chi connectivity index (χ0n) is 8.21. The highest BCUT2D eigenvalue weighted by Crippen LogP contribution is 2.25. The van der Waals surface area contributed by atoms with E-state index in [4.69, 9.17) is 9.47 Å². The second-order valence-corrected chi connectivity index (χ2v) is 4.35. The van der Waals surface area contributed by atoms with E-state index >= 15 is 0 Å². The minimum Gasteiger partial charge on any atom is -0.488 e. The predicted octanol–water partition coefficient (Wildman–Crippen LogP) is 3.15. The molecule has 2 rings (SSSR count). The summed E-state index contributed by atoms with van der Waals surface area (Å²) >= 11 is 3.11. The Hall–Kier alpha value is -0.610. The van der Waals surface area contributed by atoms with E-state index in [9.17, 15) is 4.39 Å². The molecule has 1 aromatic carbocycles. The van der Waals surface area contributed by atoms with Crippen LogP contribution in [0.5, 0.6) is 5.75 Å². The summed E-state index contributed by atoms with van der Waals surface area (Å²) in [5.41, 5.74) is 0. The fraction of sp³-hybridized carbons (Fsp3) is 0.455. The standard InChI is InChI=1S/C11H12BrFO2/c12-9-4-1-5-10(11(9)13)15-7-8-3-2-6-14-8/h1,4-5,8H,2-3,6-7H2/t8-/m0/s1. The molecule has 2 nitrogen and oxygen atoms in total. The first-order valence-corrected chi connectivity index (χ1v) is 5.75. The van der Waals surface area contributed by atoms with Crippen LogP contribution in [0.15, 0.2) is 22.7 Å². The summed E-state index contributed by atoms with van der Waals surface area (Å²) in [4.78, 5) is 0. The molecule has 1 heterocycles. The van der Waals surface area contributed by atoms with Crippen LogP contribution in [-0.2, 0) is 4.74 Å². The second-order valence-electron chi connectivity index (χ2n) is 3.50. The van der Waals surface area contributed by atoms with Gasteiger partial charge in [0.25, 0.3) is 0 Å². The van der Waals surface area contributed by atoms with Crippen molar-refractivity contribution in [3.63, 3.8) is 0 Å². The van der Waals surface area contributed by atoms with Gasteiger partial charge in [-0.1, -0.05) is 6.07 Å². The average Bonchev–Trinajstić information content (AvgIpc) is 2.73. The molecule has 15 heavy (non-hydrogen) atoms. The Morgan fingerprint density at radius 3 is 3.13 bits per heavy atom. The highest BCUT2D eigenvalue weighted by atomic mass is 79.9. The number of hydrogen-bond acceptors (Lipinski definition) is 2. The van der Waals surface area contributed by atoms with Gasteiger partial charge in [-0.2, -0.15) is 0 Å². The van der Waals surface area contributed by atoms with Gasteiger partial charge in [0.15, 0.2) is 11.6 Å². The molecular formula is C11H12BrFO2. The SMILES string of the molecule is Fc1c(Br)cccc1OC[C@@H]1CCCO1. The molecule has 82 valence electrons. The van der Waals surface area contributed by atoms with Crippen LogP contribution in [0.1, 0.15) is 12.8 Å². The van der Waals surface area contributed by atoms with E-state index in [1.165, 1.54) is 0 Å². The van der Waals surface area contributed by atoms with Crippen molar-refractivity contribution >= 4 is 15.9 Å². The Morgan fingerprint density at radius 1 is 1.53 bits per heavy atom. The van der Waals surface area contributed by atoms with E-state index in [1.54, 1.807) is 18.2 Å². The van der Waals surface area contributed by atoms with Gasteiger partial charge in [0.1, 0.15) is 6.61 Å². The van der Waals surface area contributed by atoms with Crippen molar-refractivity contribution in [1.29, 1.82) is 0 Å². The smallest absolute Gasteiger partial charge is 0.179 e. The molecule has 0 N–H and O–H groups in total. The van der Waals surface area contributed by atoms with Gasteiger partial charge in [0.2, 0.25) is 0 Å². The normalized spacial score (nSPS) is 20.5. The summed E-state index contributed by atoms with van der Waals surface area (Å²) in [5.74, 6) is -0.0737. The minimum atomic E-state index is -0.351. The molecule has 1 aromatic rings. The van der Waals surface area contributed by atoms with Gasteiger partial charge >= 0.3 is 0 Å². The molecule has 0 aromatic heterocycles. The summed E-state index contributed by atoms with van der Waals surface area (Å²) in [6.45, 7) is 1.21. The first kappa shape index (κ1) is 10.9. The van der Waals surface area contributed by atoms with Crippen molar-refractivity contribution in [2.75, 3.05) is 13.2 Å². The van der Waals surface area contributed by atoms with Crippen molar-refractivity contribution in [2.45, 2.75) is 18.9 Å². The first-order chi connectivity index (χ1) is 7.27. The van der Waals surface area contributed by atoms with E-state index in [2.05, 4.69) is 15.9 Å². The maximum Gasteiger partial charge on any atom is 0.179 e. The summed E-state index contributed by atoms with van der Waals surface area (Å²) in [5, 5.41) is 0. The number of ether oxygens (including phenoxy) is 2. The summed E-state index contributed by atoms with van der Waals surface area (Å²) < 4.78 is 24.6. The van der Waals surface area contributed by atoms with Gasteiger partial charge in [-0.15, -0.1) is 0 Å². The Bertz CT molecular complexity index is 337. The number of rotatable bonds is 3. The summed E-state index contributed by atoms with van der Waals surface area (Å²) in [6, 6.07) is 5.02. The van der Waals surface area contributed by atoms with Crippen molar-refractivity contribution in [2.24, 2.45) is 0 Å². The molecule has 0 unspecified atom stereocenters. The molecule has 1 fully saturated rings. The first-order valence-electron chi connectivity index (χ1n) is 4.96. The van der Waals surface area contributed by atoms with Crippen LogP contribution in [0.4, 0.5) is 4.39 Å². The van der Waals surface area contributed by atoms with Gasteiger partial charge in [0.05, 0.1) is 10.6 Å². The lowest BCUT2D eigenvalue weighted by molar-refractivity contribution is 0.0665. The van der Waals surface area contributed by atoms with E-state index in [0.29, 0.717) is 11.1 Å². The molecule has 4 heteroatoms. The predicted molar refractivity (Wildman–Crippen MR) is 58.6 cm³/mol. The molecule has 0 radical (unpaired) electrons. The van der Waals surface area contributed by atoms with Crippen molar-refractivity contribution < 1.29 is 13.9 Å². The number of halogens is 2. The Kier molecular flexibility index (Phi) is 3.59. The maximum atomic E-state index is 13.5. The quantitative estimate of drug-likeness (QED) is 0.843. The van der Waals surface area contributed by atoms with Crippen molar-refractivity contribution in [1.82, 2.24) is 0 Å². The van der Waals surface area contributed by atoms with E-state index < -0.39 is 0 Å². The van der Waals surface area contributed by atoms with Crippen LogP contribution in [0.25, 0.3) is 0 Å². The zero-order chi connectivity index (χ0) is 10.7.